The number of amides is 1. The van der Waals surface area contributed by atoms with Gasteiger partial charge in [-0.1, -0.05) is 0 Å². The molecule has 0 bridgehead atoms. The molecule has 2 heterocycles. The van der Waals surface area contributed by atoms with Crippen LogP contribution < -0.4 is 10.6 Å². The summed E-state index contributed by atoms with van der Waals surface area (Å²) in [7, 11) is 0. The summed E-state index contributed by atoms with van der Waals surface area (Å²) in [5.74, 6) is 0.219. The fourth-order valence-electron chi connectivity index (χ4n) is 2.23. The van der Waals surface area contributed by atoms with E-state index in [4.69, 9.17) is 0 Å². The second kappa shape index (κ2) is 7.98. The van der Waals surface area contributed by atoms with Crippen molar-refractivity contribution in [3.05, 3.63) is 77.7 Å². The highest BCUT2D eigenvalue weighted by atomic mass is 16.2. The van der Waals surface area contributed by atoms with Crippen LogP contribution in [0.15, 0.2) is 60.9 Å². The molecule has 0 fully saturated rings. The summed E-state index contributed by atoms with van der Waals surface area (Å²) in [6.07, 6.45) is 3.34. The van der Waals surface area contributed by atoms with Crippen molar-refractivity contribution in [2.24, 2.45) is 0 Å². The third-order valence-electron chi connectivity index (χ3n) is 3.66. The van der Waals surface area contributed by atoms with Crippen LogP contribution in [0.25, 0.3) is 0 Å². The third-order valence-corrected chi connectivity index (χ3v) is 3.66. The molecule has 7 heteroatoms. The standard InChI is InChI=1S/C19H17N5O2/c1-13(25)15-2-4-16(5-3-15)22-18-7-6-17(23-24-18)19(26)21-12-14-8-10-20-11-9-14/h2-11H,12H2,1H3,(H,21,26)(H,22,24). The number of anilines is 2. The number of carbonyl (C=O) groups is 2. The van der Waals surface area contributed by atoms with Crippen molar-refractivity contribution in [2.45, 2.75) is 13.5 Å². The molecule has 26 heavy (non-hydrogen) atoms. The van der Waals surface area contributed by atoms with Crippen molar-refractivity contribution >= 4 is 23.2 Å². The highest BCUT2D eigenvalue weighted by Gasteiger charge is 2.08. The van der Waals surface area contributed by atoms with Crippen LogP contribution in [0, 0.1) is 0 Å². The first-order valence-corrected chi connectivity index (χ1v) is 8.01. The minimum absolute atomic E-state index is 0.0125. The number of carbonyl (C=O) groups excluding carboxylic acids is 2. The SMILES string of the molecule is CC(=O)c1ccc(Nc2ccc(C(=O)NCc3ccncc3)nn2)cc1. The molecule has 0 saturated heterocycles. The number of hydrogen-bond donors (Lipinski definition) is 2. The predicted molar refractivity (Wildman–Crippen MR) is 97.2 cm³/mol. The number of aromatic nitrogens is 3. The lowest BCUT2D eigenvalue weighted by molar-refractivity contribution is 0.0944. The van der Waals surface area contributed by atoms with E-state index in [1.165, 1.54) is 6.92 Å². The average Bonchev–Trinajstić information content (AvgIpc) is 2.68. The first-order valence-electron chi connectivity index (χ1n) is 8.01. The van der Waals surface area contributed by atoms with E-state index in [-0.39, 0.29) is 17.4 Å². The zero-order valence-corrected chi connectivity index (χ0v) is 14.1. The maximum atomic E-state index is 12.1. The Balaban J connectivity index is 1.59. The van der Waals surface area contributed by atoms with Gasteiger partial charge in [-0.15, -0.1) is 10.2 Å². The van der Waals surface area contributed by atoms with Crippen LogP contribution in [0.1, 0.15) is 33.3 Å². The van der Waals surface area contributed by atoms with Gasteiger partial charge in [-0.25, -0.2) is 0 Å². The summed E-state index contributed by atoms with van der Waals surface area (Å²) in [5, 5.41) is 13.8. The van der Waals surface area contributed by atoms with Crippen LogP contribution in [0.3, 0.4) is 0 Å². The van der Waals surface area contributed by atoms with Gasteiger partial charge in [-0.05, 0) is 61.0 Å². The molecule has 0 aliphatic rings. The van der Waals surface area contributed by atoms with Crippen molar-refractivity contribution in [2.75, 3.05) is 5.32 Å². The van der Waals surface area contributed by atoms with E-state index in [0.29, 0.717) is 17.9 Å². The number of benzene rings is 1. The summed E-state index contributed by atoms with van der Waals surface area (Å²) in [4.78, 5) is 27.3. The molecule has 0 unspecified atom stereocenters. The van der Waals surface area contributed by atoms with Crippen LogP contribution in [0.5, 0.6) is 0 Å². The predicted octanol–water partition coefficient (Wildman–Crippen LogP) is 2.75. The molecule has 2 N–H and O–H groups in total. The van der Waals surface area contributed by atoms with Crippen molar-refractivity contribution in [3.63, 3.8) is 0 Å². The number of ketones is 1. The molecule has 2 aromatic heterocycles. The fraction of sp³-hybridized carbons (Fsp3) is 0.105. The molecule has 0 aliphatic heterocycles. The van der Waals surface area contributed by atoms with Gasteiger partial charge in [0.25, 0.3) is 5.91 Å². The molecule has 1 amide bonds. The number of nitrogens with one attached hydrogen (secondary N) is 2. The van der Waals surface area contributed by atoms with Crippen LogP contribution in [0.2, 0.25) is 0 Å². The Morgan fingerprint density at radius 1 is 0.923 bits per heavy atom. The molecule has 0 radical (unpaired) electrons. The van der Waals surface area contributed by atoms with E-state index in [1.807, 2.05) is 12.1 Å². The minimum Gasteiger partial charge on any atom is -0.347 e. The number of Topliss-reactive ketones (excluding diaryl/α,β-unsaturated/α-hetero) is 1. The largest absolute Gasteiger partial charge is 0.347 e. The van der Waals surface area contributed by atoms with Gasteiger partial charge in [0.1, 0.15) is 0 Å². The van der Waals surface area contributed by atoms with Gasteiger partial charge in [-0.3, -0.25) is 14.6 Å². The minimum atomic E-state index is -0.299. The van der Waals surface area contributed by atoms with E-state index in [2.05, 4.69) is 25.8 Å². The van der Waals surface area contributed by atoms with Crippen LogP contribution in [-0.4, -0.2) is 26.9 Å². The highest BCUT2D eigenvalue weighted by molar-refractivity contribution is 5.94. The Bertz CT molecular complexity index is 893. The quantitative estimate of drug-likeness (QED) is 0.666. The van der Waals surface area contributed by atoms with Gasteiger partial charge in [0.05, 0.1) is 0 Å². The Morgan fingerprint density at radius 2 is 1.65 bits per heavy atom. The maximum absolute atomic E-state index is 12.1. The first-order chi connectivity index (χ1) is 12.6. The zero-order valence-electron chi connectivity index (χ0n) is 14.1. The van der Waals surface area contributed by atoms with Crippen LogP contribution >= 0.6 is 0 Å². The van der Waals surface area contributed by atoms with E-state index in [9.17, 15) is 9.59 Å². The molecular weight excluding hydrogens is 330 g/mol. The second-order valence-electron chi connectivity index (χ2n) is 5.60. The number of nitrogens with zero attached hydrogens (tertiary/aromatic N) is 3. The number of rotatable bonds is 6. The van der Waals surface area contributed by atoms with Crippen molar-refractivity contribution in [1.82, 2.24) is 20.5 Å². The maximum Gasteiger partial charge on any atom is 0.272 e. The molecular formula is C19H17N5O2. The average molecular weight is 347 g/mol. The summed E-state index contributed by atoms with van der Waals surface area (Å²) >= 11 is 0. The lowest BCUT2D eigenvalue weighted by Gasteiger charge is -2.07. The van der Waals surface area contributed by atoms with Crippen LogP contribution in [-0.2, 0) is 6.54 Å². The van der Waals surface area contributed by atoms with Crippen molar-refractivity contribution in [1.29, 1.82) is 0 Å². The highest BCUT2D eigenvalue weighted by Crippen LogP contribution is 2.15. The van der Waals surface area contributed by atoms with Gasteiger partial charge < -0.3 is 10.6 Å². The van der Waals surface area contributed by atoms with E-state index in [0.717, 1.165) is 11.3 Å². The molecule has 0 aliphatic carbocycles. The summed E-state index contributed by atoms with van der Waals surface area (Å²) in [6, 6.07) is 14.0. The lowest BCUT2D eigenvalue weighted by Crippen LogP contribution is -2.24. The van der Waals surface area contributed by atoms with Gasteiger partial charge in [0.2, 0.25) is 0 Å². The fourth-order valence-corrected chi connectivity index (χ4v) is 2.23. The molecule has 1 aromatic carbocycles. The van der Waals surface area contributed by atoms with E-state index < -0.39 is 0 Å². The topological polar surface area (TPSA) is 96.9 Å². The smallest absolute Gasteiger partial charge is 0.272 e. The zero-order chi connectivity index (χ0) is 18.4. The van der Waals surface area contributed by atoms with Crippen molar-refractivity contribution in [3.8, 4) is 0 Å². The molecule has 7 nitrogen and oxygen atoms in total. The van der Waals surface area contributed by atoms with Gasteiger partial charge >= 0.3 is 0 Å². The normalized spacial score (nSPS) is 10.2. The van der Waals surface area contributed by atoms with Crippen molar-refractivity contribution < 1.29 is 9.59 Å². The Labute approximate surface area is 150 Å². The lowest BCUT2D eigenvalue weighted by atomic mass is 10.1. The van der Waals surface area contributed by atoms with E-state index >= 15 is 0 Å². The first kappa shape index (κ1) is 17.2. The summed E-state index contributed by atoms with van der Waals surface area (Å²) < 4.78 is 0. The molecule has 130 valence electrons. The monoisotopic (exact) mass is 347 g/mol. The molecule has 0 atom stereocenters. The molecule has 3 rings (SSSR count). The van der Waals surface area contributed by atoms with Gasteiger partial charge in [0, 0.05) is 30.2 Å². The van der Waals surface area contributed by atoms with Crippen LogP contribution in [0.4, 0.5) is 11.5 Å². The Morgan fingerprint density at radius 3 is 2.27 bits per heavy atom. The molecule has 0 spiro atoms. The second-order valence-corrected chi connectivity index (χ2v) is 5.60. The summed E-state index contributed by atoms with van der Waals surface area (Å²) in [5.41, 5.74) is 2.60. The Kier molecular flexibility index (Phi) is 5.28. The van der Waals surface area contributed by atoms with E-state index in [1.54, 1.807) is 48.8 Å². The third kappa shape index (κ3) is 4.47. The van der Waals surface area contributed by atoms with Gasteiger partial charge in [-0.2, -0.15) is 0 Å². The molecule has 0 saturated carbocycles. The molecule has 3 aromatic rings. The Hall–Kier alpha value is -3.61. The summed E-state index contributed by atoms with van der Waals surface area (Å²) in [6.45, 7) is 1.91. The number of pyridine rings is 1. The van der Waals surface area contributed by atoms with Gasteiger partial charge in [0.15, 0.2) is 17.3 Å². The number of hydrogen-bond acceptors (Lipinski definition) is 6.